The Hall–Kier alpha value is -3.11. The van der Waals surface area contributed by atoms with Crippen molar-refractivity contribution in [1.82, 2.24) is 0 Å². The van der Waals surface area contributed by atoms with Crippen LogP contribution in [0.1, 0.15) is 27.8 Å². The van der Waals surface area contributed by atoms with E-state index in [1.165, 1.54) is 6.07 Å². The van der Waals surface area contributed by atoms with E-state index < -0.39 is 12.5 Å². The number of hydrogen-bond donors (Lipinski definition) is 0. The van der Waals surface area contributed by atoms with E-state index in [0.29, 0.717) is 11.3 Å². The molecular formula is C23H24NO5P. The highest BCUT2D eigenvalue weighted by Crippen LogP contribution is 2.54. The second-order valence-corrected chi connectivity index (χ2v) is 9.23. The first kappa shape index (κ1) is 21.6. The molecule has 0 fully saturated rings. The highest BCUT2D eigenvalue weighted by molar-refractivity contribution is 7.53. The average molecular weight is 425 g/mol. The first-order chi connectivity index (χ1) is 14.2. The lowest BCUT2D eigenvalue weighted by atomic mass is 10.1. The van der Waals surface area contributed by atoms with Gasteiger partial charge in [-0.1, -0.05) is 54.1 Å². The molecule has 0 unspecified atom stereocenters. The van der Waals surface area contributed by atoms with Crippen LogP contribution in [0.3, 0.4) is 0 Å². The molecule has 0 aliphatic rings. The molecule has 0 aliphatic carbocycles. The van der Waals surface area contributed by atoms with E-state index in [1.54, 1.807) is 25.1 Å². The summed E-state index contributed by atoms with van der Waals surface area (Å²) in [6.45, 7) is 7.40. The number of nitrogens with zero attached hydrogens (tertiary/aromatic N) is 1. The number of hydrogen-bond acceptors (Lipinski definition) is 5. The lowest BCUT2D eigenvalue weighted by Gasteiger charge is -2.22. The zero-order valence-electron chi connectivity index (χ0n) is 17.4. The highest BCUT2D eigenvalue weighted by Gasteiger charge is 2.33. The first-order valence-corrected chi connectivity index (χ1v) is 11.3. The fourth-order valence-corrected chi connectivity index (χ4v) is 5.13. The van der Waals surface area contributed by atoms with E-state index in [2.05, 4.69) is 0 Å². The molecule has 0 radical (unpaired) electrons. The SMILES string of the molecule is Cc1ccc(O[P@](=O)(Cc2ccccc2C)Oc2c(C)cccc2[N+](=O)[O-])c(C)c1. The third-order valence-electron chi connectivity index (χ3n) is 4.81. The van der Waals surface area contributed by atoms with Crippen molar-refractivity contribution in [2.75, 3.05) is 0 Å². The van der Waals surface area contributed by atoms with Crippen LogP contribution >= 0.6 is 7.60 Å². The molecule has 3 rings (SSSR count). The van der Waals surface area contributed by atoms with E-state index in [-0.39, 0.29) is 17.6 Å². The van der Waals surface area contributed by atoms with Crippen molar-refractivity contribution >= 4 is 13.3 Å². The molecule has 0 aliphatic heterocycles. The minimum Gasteiger partial charge on any atom is -0.416 e. The maximum atomic E-state index is 14.0. The van der Waals surface area contributed by atoms with E-state index in [9.17, 15) is 14.7 Å². The molecule has 0 spiro atoms. The van der Waals surface area contributed by atoms with Gasteiger partial charge in [-0.2, -0.15) is 0 Å². The minimum absolute atomic E-state index is 0.0154. The van der Waals surface area contributed by atoms with Crippen molar-refractivity contribution in [3.8, 4) is 11.5 Å². The van der Waals surface area contributed by atoms with Crippen molar-refractivity contribution < 1.29 is 18.5 Å². The summed E-state index contributed by atoms with van der Waals surface area (Å²) in [5, 5.41) is 11.5. The maximum Gasteiger partial charge on any atom is 0.435 e. The fourth-order valence-electron chi connectivity index (χ4n) is 3.17. The van der Waals surface area contributed by atoms with Gasteiger partial charge in [0, 0.05) is 6.07 Å². The monoisotopic (exact) mass is 425 g/mol. The van der Waals surface area contributed by atoms with Crippen molar-refractivity contribution in [2.45, 2.75) is 33.9 Å². The number of aryl methyl sites for hydroxylation is 4. The molecule has 1 atom stereocenters. The summed E-state index contributed by atoms with van der Waals surface area (Å²) < 4.78 is 25.8. The largest absolute Gasteiger partial charge is 0.435 e. The number of rotatable bonds is 7. The predicted molar refractivity (Wildman–Crippen MR) is 117 cm³/mol. The molecule has 0 saturated carbocycles. The Balaban J connectivity index is 2.07. The standard InChI is InChI=1S/C23H24NO5P/c1-16-12-13-22(19(4)14-16)28-30(27,15-20-10-6-5-8-17(20)2)29-23-18(3)9-7-11-21(23)24(25)26/h5-14H,15H2,1-4H3/t30-/m1/s1. The molecule has 156 valence electrons. The Bertz CT molecular complexity index is 1140. The second kappa shape index (κ2) is 8.72. The van der Waals surface area contributed by atoms with Gasteiger partial charge >= 0.3 is 13.3 Å². The van der Waals surface area contributed by atoms with Gasteiger partial charge in [-0.05, 0) is 56.0 Å². The van der Waals surface area contributed by atoms with Gasteiger partial charge in [-0.15, -0.1) is 0 Å². The number of nitro benzene ring substituents is 1. The van der Waals surface area contributed by atoms with E-state index in [0.717, 1.165) is 22.3 Å². The average Bonchev–Trinajstić information content (AvgIpc) is 2.67. The van der Waals surface area contributed by atoms with Gasteiger partial charge in [0.2, 0.25) is 5.75 Å². The molecule has 0 aromatic heterocycles. The fraction of sp³-hybridized carbons (Fsp3) is 0.217. The number of benzene rings is 3. The molecule has 7 heteroatoms. The normalized spacial score (nSPS) is 12.8. The van der Waals surface area contributed by atoms with Gasteiger partial charge in [-0.25, -0.2) is 4.57 Å². The highest BCUT2D eigenvalue weighted by atomic mass is 31.2. The zero-order valence-corrected chi connectivity index (χ0v) is 18.3. The Morgan fingerprint density at radius 1 is 0.867 bits per heavy atom. The summed E-state index contributed by atoms with van der Waals surface area (Å²) in [5.74, 6) is 0.387. The van der Waals surface area contributed by atoms with E-state index in [1.807, 2.05) is 57.2 Å². The molecule has 6 nitrogen and oxygen atoms in total. The van der Waals surface area contributed by atoms with Crippen LogP contribution in [0.2, 0.25) is 0 Å². The van der Waals surface area contributed by atoms with Crippen LogP contribution in [0.25, 0.3) is 0 Å². The number of nitro groups is 1. The smallest absolute Gasteiger partial charge is 0.416 e. The van der Waals surface area contributed by atoms with Gasteiger partial charge in [-0.3, -0.25) is 10.1 Å². The lowest BCUT2D eigenvalue weighted by Crippen LogP contribution is -2.08. The Morgan fingerprint density at radius 3 is 2.23 bits per heavy atom. The molecule has 3 aromatic carbocycles. The Labute approximate surface area is 176 Å². The summed E-state index contributed by atoms with van der Waals surface area (Å²) in [5.41, 5.74) is 3.85. The topological polar surface area (TPSA) is 78.7 Å². The van der Waals surface area contributed by atoms with Gasteiger partial charge in [0.1, 0.15) is 5.75 Å². The lowest BCUT2D eigenvalue weighted by molar-refractivity contribution is -0.385. The molecule has 3 aromatic rings. The van der Waals surface area contributed by atoms with Crippen LogP contribution in [-0.2, 0) is 10.7 Å². The van der Waals surface area contributed by atoms with Crippen LogP contribution in [0.4, 0.5) is 5.69 Å². The summed E-state index contributed by atoms with van der Waals surface area (Å²) >= 11 is 0. The molecule has 0 amide bonds. The number of para-hydroxylation sites is 1. The van der Waals surface area contributed by atoms with Gasteiger partial charge in [0.25, 0.3) is 0 Å². The summed E-state index contributed by atoms with van der Waals surface area (Å²) in [7, 11) is -3.85. The Morgan fingerprint density at radius 2 is 1.57 bits per heavy atom. The van der Waals surface area contributed by atoms with Crippen molar-refractivity contribution in [2.24, 2.45) is 0 Å². The first-order valence-electron chi connectivity index (χ1n) is 9.52. The van der Waals surface area contributed by atoms with E-state index >= 15 is 0 Å². The molecule has 0 heterocycles. The predicted octanol–water partition coefficient (Wildman–Crippen LogP) is 6.68. The quantitative estimate of drug-likeness (QED) is 0.240. The third kappa shape index (κ3) is 4.89. The maximum absolute atomic E-state index is 14.0. The molecule has 0 N–H and O–H groups in total. The van der Waals surface area contributed by atoms with Crippen LogP contribution in [0.15, 0.2) is 60.7 Å². The van der Waals surface area contributed by atoms with Crippen LogP contribution < -0.4 is 9.05 Å². The second-order valence-electron chi connectivity index (χ2n) is 7.33. The summed E-state index contributed by atoms with van der Waals surface area (Å²) in [6, 6.07) is 17.6. The zero-order chi connectivity index (χ0) is 21.9. The molecule has 0 bridgehead atoms. The van der Waals surface area contributed by atoms with Crippen LogP contribution in [0, 0.1) is 37.8 Å². The minimum atomic E-state index is -3.85. The van der Waals surface area contributed by atoms with E-state index in [4.69, 9.17) is 9.05 Å². The third-order valence-corrected chi connectivity index (χ3v) is 6.47. The van der Waals surface area contributed by atoms with Crippen LogP contribution in [0.5, 0.6) is 11.5 Å². The molecule has 30 heavy (non-hydrogen) atoms. The van der Waals surface area contributed by atoms with Gasteiger partial charge in [0.15, 0.2) is 0 Å². The summed E-state index contributed by atoms with van der Waals surface area (Å²) in [6.07, 6.45) is -0.0154. The van der Waals surface area contributed by atoms with Crippen molar-refractivity contribution in [3.63, 3.8) is 0 Å². The van der Waals surface area contributed by atoms with Gasteiger partial charge < -0.3 is 9.05 Å². The molecular weight excluding hydrogens is 401 g/mol. The van der Waals surface area contributed by atoms with Gasteiger partial charge in [0.05, 0.1) is 11.1 Å². The van der Waals surface area contributed by atoms with Crippen LogP contribution in [-0.4, -0.2) is 4.92 Å². The summed E-state index contributed by atoms with van der Waals surface area (Å²) in [4.78, 5) is 11.0. The Kier molecular flexibility index (Phi) is 6.28. The van der Waals surface area contributed by atoms with Crippen molar-refractivity contribution in [3.05, 3.63) is 98.6 Å². The van der Waals surface area contributed by atoms with Crippen molar-refractivity contribution in [1.29, 1.82) is 0 Å². The molecule has 0 saturated heterocycles.